The Morgan fingerprint density at radius 1 is 1.17 bits per heavy atom. The fourth-order valence-electron chi connectivity index (χ4n) is 1.41. The molecule has 0 fully saturated rings. The molecule has 0 aromatic rings. The number of nitrogens with zero attached hydrogens (tertiary/aromatic N) is 1. The summed E-state index contributed by atoms with van der Waals surface area (Å²) in [6.45, 7) is 9.38. The van der Waals surface area contributed by atoms with Crippen molar-refractivity contribution in [2.45, 2.75) is 46.6 Å². The molecule has 0 spiro atoms. The van der Waals surface area contributed by atoms with Gasteiger partial charge in [-0.1, -0.05) is 20.8 Å². The molecule has 0 aliphatic rings. The first-order valence-electron chi connectivity index (χ1n) is 6.18. The minimum atomic E-state index is -0.904. The van der Waals surface area contributed by atoms with Gasteiger partial charge in [0.15, 0.2) is 0 Å². The highest BCUT2D eigenvalue weighted by Crippen LogP contribution is 2.12. The predicted octanol–water partition coefficient (Wildman–Crippen LogP) is 0.768. The number of aliphatic hydroxyl groups is 1. The number of hydrogen-bond acceptors (Lipinski definition) is 3. The van der Waals surface area contributed by atoms with Crippen LogP contribution in [0.5, 0.6) is 0 Å². The van der Waals surface area contributed by atoms with Gasteiger partial charge in [0.2, 0.25) is 11.8 Å². The normalized spacial score (nSPS) is 12.2. The lowest BCUT2D eigenvalue weighted by molar-refractivity contribution is -0.133. The van der Waals surface area contributed by atoms with Crippen LogP contribution >= 0.6 is 0 Å². The van der Waals surface area contributed by atoms with E-state index in [1.807, 2.05) is 20.8 Å². The van der Waals surface area contributed by atoms with Crippen molar-refractivity contribution in [3.05, 3.63) is 0 Å². The van der Waals surface area contributed by atoms with Crippen molar-refractivity contribution in [2.24, 2.45) is 5.41 Å². The smallest absolute Gasteiger partial charge is 0.225 e. The van der Waals surface area contributed by atoms with Crippen LogP contribution in [0.1, 0.15) is 41.0 Å². The van der Waals surface area contributed by atoms with E-state index in [1.54, 1.807) is 20.9 Å². The number of rotatable bonds is 5. The fraction of sp³-hybridized carbons (Fsp3) is 0.846. The SMILES string of the molecule is CN(CC(C)(C)O)C(=O)CCNC(=O)C(C)(C)C. The van der Waals surface area contributed by atoms with Gasteiger partial charge >= 0.3 is 0 Å². The molecule has 0 aromatic carbocycles. The van der Waals surface area contributed by atoms with Crippen LogP contribution in [0.25, 0.3) is 0 Å². The number of carbonyl (C=O) groups is 2. The van der Waals surface area contributed by atoms with Crippen LogP contribution in [0, 0.1) is 5.41 Å². The molecule has 5 heteroatoms. The van der Waals surface area contributed by atoms with Crippen molar-refractivity contribution in [1.82, 2.24) is 10.2 Å². The maximum atomic E-state index is 11.7. The summed E-state index contributed by atoms with van der Waals surface area (Å²) >= 11 is 0. The zero-order valence-corrected chi connectivity index (χ0v) is 12.3. The van der Waals surface area contributed by atoms with E-state index in [4.69, 9.17) is 0 Å². The van der Waals surface area contributed by atoms with E-state index in [1.165, 1.54) is 4.90 Å². The number of likely N-dealkylation sites (N-methyl/N-ethyl adjacent to an activating group) is 1. The van der Waals surface area contributed by atoms with Crippen LogP contribution in [0.2, 0.25) is 0 Å². The topological polar surface area (TPSA) is 69.6 Å². The molecule has 0 aromatic heterocycles. The third kappa shape index (κ3) is 7.27. The molecule has 0 rings (SSSR count). The molecule has 0 aliphatic carbocycles. The Balaban J connectivity index is 4.02. The molecular formula is C13H26N2O3. The highest BCUT2D eigenvalue weighted by molar-refractivity contribution is 5.82. The number of carbonyl (C=O) groups excluding carboxylic acids is 2. The minimum absolute atomic E-state index is 0.0690. The highest BCUT2D eigenvalue weighted by atomic mass is 16.3. The van der Waals surface area contributed by atoms with Crippen molar-refractivity contribution in [2.75, 3.05) is 20.1 Å². The minimum Gasteiger partial charge on any atom is -0.389 e. The average molecular weight is 258 g/mol. The number of hydrogen-bond donors (Lipinski definition) is 2. The Morgan fingerprint density at radius 2 is 1.67 bits per heavy atom. The van der Waals surface area contributed by atoms with E-state index in [2.05, 4.69) is 5.32 Å². The van der Waals surface area contributed by atoms with E-state index < -0.39 is 11.0 Å². The Bertz CT molecular complexity index is 300. The van der Waals surface area contributed by atoms with Crippen LogP contribution in [-0.2, 0) is 9.59 Å². The summed E-state index contributed by atoms with van der Waals surface area (Å²) in [6, 6.07) is 0. The molecule has 0 atom stereocenters. The summed E-state index contributed by atoms with van der Waals surface area (Å²) in [5.74, 6) is -0.160. The van der Waals surface area contributed by atoms with Crippen molar-refractivity contribution in [3.63, 3.8) is 0 Å². The molecule has 2 N–H and O–H groups in total. The lowest BCUT2D eigenvalue weighted by Crippen LogP contribution is -2.41. The van der Waals surface area contributed by atoms with Gasteiger partial charge in [0.25, 0.3) is 0 Å². The quantitative estimate of drug-likeness (QED) is 0.765. The molecule has 0 saturated heterocycles. The molecule has 0 unspecified atom stereocenters. The highest BCUT2D eigenvalue weighted by Gasteiger charge is 2.22. The van der Waals surface area contributed by atoms with E-state index >= 15 is 0 Å². The van der Waals surface area contributed by atoms with Crippen molar-refractivity contribution in [1.29, 1.82) is 0 Å². The Labute approximate surface area is 110 Å². The summed E-state index contributed by atoms with van der Waals surface area (Å²) in [4.78, 5) is 24.8. The largest absolute Gasteiger partial charge is 0.389 e. The predicted molar refractivity (Wildman–Crippen MR) is 71.0 cm³/mol. The lowest BCUT2D eigenvalue weighted by atomic mass is 9.96. The third-order valence-electron chi connectivity index (χ3n) is 2.36. The summed E-state index contributed by atoms with van der Waals surface area (Å²) in [7, 11) is 1.64. The molecule has 2 amide bonds. The summed E-state index contributed by atoms with van der Waals surface area (Å²) < 4.78 is 0. The van der Waals surface area contributed by atoms with E-state index in [0.29, 0.717) is 6.54 Å². The van der Waals surface area contributed by atoms with Gasteiger partial charge < -0.3 is 15.3 Å². The molecule has 0 heterocycles. The zero-order chi connectivity index (χ0) is 14.6. The van der Waals surface area contributed by atoms with Crippen LogP contribution in [0.15, 0.2) is 0 Å². The van der Waals surface area contributed by atoms with Crippen molar-refractivity contribution >= 4 is 11.8 Å². The summed E-state index contributed by atoms with van der Waals surface area (Å²) in [6.07, 6.45) is 0.244. The molecule has 0 saturated carbocycles. The molecule has 0 aliphatic heterocycles. The first-order valence-corrected chi connectivity index (χ1v) is 6.18. The Morgan fingerprint density at radius 3 is 2.06 bits per heavy atom. The monoisotopic (exact) mass is 258 g/mol. The van der Waals surface area contributed by atoms with Gasteiger partial charge in [-0.05, 0) is 13.8 Å². The van der Waals surface area contributed by atoms with Gasteiger partial charge in [-0.25, -0.2) is 0 Å². The van der Waals surface area contributed by atoms with Gasteiger partial charge in [-0.15, -0.1) is 0 Å². The first kappa shape index (κ1) is 16.9. The van der Waals surface area contributed by atoms with Crippen LogP contribution in [0.4, 0.5) is 0 Å². The van der Waals surface area contributed by atoms with E-state index in [-0.39, 0.29) is 24.8 Å². The Hall–Kier alpha value is -1.10. The van der Waals surface area contributed by atoms with Gasteiger partial charge in [0, 0.05) is 32.0 Å². The molecule has 0 radical (unpaired) electrons. The maximum Gasteiger partial charge on any atom is 0.225 e. The summed E-state index contributed by atoms with van der Waals surface area (Å²) in [5, 5.41) is 12.3. The van der Waals surface area contributed by atoms with Gasteiger partial charge in [0.05, 0.1) is 5.60 Å². The second-order valence-corrected chi connectivity index (χ2v) is 6.32. The average Bonchev–Trinajstić information content (AvgIpc) is 2.12. The maximum absolute atomic E-state index is 11.7. The molecule has 5 nitrogen and oxygen atoms in total. The standard InChI is InChI=1S/C13H26N2O3/c1-12(2,3)11(17)14-8-7-10(16)15(6)9-13(4,5)18/h18H,7-9H2,1-6H3,(H,14,17). The van der Waals surface area contributed by atoms with Crippen molar-refractivity contribution < 1.29 is 14.7 Å². The summed E-state index contributed by atoms with van der Waals surface area (Å²) in [5.41, 5.74) is -1.35. The zero-order valence-electron chi connectivity index (χ0n) is 12.3. The third-order valence-corrected chi connectivity index (χ3v) is 2.36. The number of nitrogens with one attached hydrogen (secondary N) is 1. The van der Waals surface area contributed by atoms with Gasteiger partial charge in [-0.3, -0.25) is 9.59 Å². The second kappa shape index (κ2) is 6.18. The first-order chi connectivity index (χ1) is 7.93. The van der Waals surface area contributed by atoms with Crippen LogP contribution in [-0.4, -0.2) is 47.6 Å². The van der Waals surface area contributed by atoms with Gasteiger partial charge in [0.1, 0.15) is 0 Å². The van der Waals surface area contributed by atoms with E-state index in [0.717, 1.165) is 0 Å². The van der Waals surface area contributed by atoms with Crippen LogP contribution < -0.4 is 5.32 Å². The lowest BCUT2D eigenvalue weighted by Gasteiger charge is -2.26. The second-order valence-electron chi connectivity index (χ2n) is 6.32. The van der Waals surface area contributed by atoms with E-state index in [9.17, 15) is 14.7 Å². The Kier molecular flexibility index (Phi) is 5.80. The molecule has 0 bridgehead atoms. The fourth-order valence-corrected chi connectivity index (χ4v) is 1.41. The molecule has 18 heavy (non-hydrogen) atoms. The van der Waals surface area contributed by atoms with Crippen LogP contribution in [0.3, 0.4) is 0 Å². The van der Waals surface area contributed by atoms with Crippen molar-refractivity contribution in [3.8, 4) is 0 Å². The molecule has 106 valence electrons. The molecular weight excluding hydrogens is 232 g/mol. The van der Waals surface area contributed by atoms with Gasteiger partial charge in [-0.2, -0.15) is 0 Å². The number of amides is 2.